The van der Waals surface area contributed by atoms with Crippen molar-refractivity contribution in [1.29, 1.82) is 5.26 Å². The Morgan fingerprint density at radius 2 is 1.67 bits per heavy atom. The number of nitrogens with zero attached hydrogens (tertiary/aromatic N) is 1. The van der Waals surface area contributed by atoms with Crippen LogP contribution in [0.5, 0.6) is 11.5 Å². The normalized spacial score (nSPS) is 10.4. The molecular formula is C24H26N4O2. The zero-order valence-electron chi connectivity index (χ0n) is 17.7. The summed E-state index contributed by atoms with van der Waals surface area (Å²) in [6.45, 7) is 4.49. The lowest BCUT2D eigenvalue weighted by Gasteiger charge is -2.22. The van der Waals surface area contributed by atoms with Gasteiger partial charge in [0.25, 0.3) is 0 Å². The molecule has 0 fully saturated rings. The van der Waals surface area contributed by atoms with E-state index in [1.165, 1.54) is 0 Å². The first kappa shape index (κ1) is 20.9. The smallest absolute Gasteiger partial charge is 0.122 e. The number of ether oxygens (including phenoxy) is 2. The van der Waals surface area contributed by atoms with E-state index in [2.05, 4.69) is 11.4 Å². The largest absolute Gasteiger partial charge is 0.497 e. The van der Waals surface area contributed by atoms with E-state index in [9.17, 15) is 5.26 Å². The molecule has 3 rings (SSSR count). The summed E-state index contributed by atoms with van der Waals surface area (Å²) >= 11 is 0. The van der Waals surface area contributed by atoms with Crippen molar-refractivity contribution in [1.82, 2.24) is 0 Å². The molecule has 0 bridgehead atoms. The number of methoxy groups -OCH3 is 2. The van der Waals surface area contributed by atoms with E-state index in [0.717, 1.165) is 33.8 Å². The number of nitrogen functional groups attached to an aromatic ring is 2. The topological polar surface area (TPSA) is 106 Å². The molecule has 6 nitrogen and oxygen atoms in total. The van der Waals surface area contributed by atoms with E-state index < -0.39 is 0 Å². The van der Waals surface area contributed by atoms with E-state index in [1.54, 1.807) is 20.3 Å². The minimum atomic E-state index is 0.373. The predicted molar refractivity (Wildman–Crippen MR) is 122 cm³/mol. The van der Waals surface area contributed by atoms with Gasteiger partial charge >= 0.3 is 0 Å². The summed E-state index contributed by atoms with van der Waals surface area (Å²) in [5.41, 5.74) is 19.1. The number of rotatable bonds is 6. The van der Waals surface area contributed by atoms with Crippen molar-refractivity contribution in [3.63, 3.8) is 0 Å². The molecule has 5 N–H and O–H groups in total. The summed E-state index contributed by atoms with van der Waals surface area (Å²) in [5, 5.41) is 13.2. The van der Waals surface area contributed by atoms with E-state index in [1.807, 2.05) is 50.2 Å². The molecule has 0 atom stereocenters. The van der Waals surface area contributed by atoms with Crippen LogP contribution in [0.15, 0.2) is 42.5 Å². The van der Waals surface area contributed by atoms with Crippen molar-refractivity contribution >= 4 is 17.1 Å². The summed E-state index contributed by atoms with van der Waals surface area (Å²) in [6.07, 6.45) is 0. The van der Waals surface area contributed by atoms with Crippen molar-refractivity contribution in [3.8, 4) is 28.7 Å². The second kappa shape index (κ2) is 8.66. The molecule has 0 saturated heterocycles. The van der Waals surface area contributed by atoms with Crippen LogP contribution >= 0.6 is 0 Å². The molecule has 0 saturated carbocycles. The number of nitrogens with two attached hydrogens (primary N) is 2. The summed E-state index contributed by atoms with van der Waals surface area (Å²) in [6, 6.07) is 15.5. The van der Waals surface area contributed by atoms with Gasteiger partial charge in [-0.05, 0) is 60.4 Å². The third-order valence-electron chi connectivity index (χ3n) is 5.24. The standard InChI is InChI=1S/C24H26N4O2/c1-14-5-10-20(30-4)15(2)21(14)22-23(27)19(26)11-17(12-25)24(22)28-13-16-6-8-18(29-3)9-7-16/h5-11,28H,13,26-27H2,1-4H3. The number of hydrogen-bond acceptors (Lipinski definition) is 6. The molecule has 0 heterocycles. The SMILES string of the molecule is COc1ccc(CNc2c(C#N)cc(N)c(N)c2-c2c(C)ccc(OC)c2C)cc1. The maximum atomic E-state index is 9.78. The summed E-state index contributed by atoms with van der Waals surface area (Å²) in [7, 11) is 3.27. The van der Waals surface area contributed by atoms with Crippen LogP contribution in [0.4, 0.5) is 17.1 Å². The minimum absolute atomic E-state index is 0.373. The third-order valence-corrected chi connectivity index (χ3v) is 5.24. The van der Waals surface area contributed by atoms with E-state index in [0.29, 0.717) is 34.7 Å². The van der Waals surface area contributed by atoms with Crippen molar-refractivity contribution in [2.24, 2.45) is 0 Å². The van der Waals surface area contributed by atoms with Gasteiger partial charge in [0.2, 0.25) is 0 Å². The molecule has 0 aliphatic heterocycles. The van der Waals surface area contributed by atoms with Gasteiger partial charge in [-0.2, -0.15) is 5.26 Å². The highest BCUT2D eigenvalue weighted by molar-refractivity contribution is 5.98. The fourth-order valence-corrected chi connectivity index (χ4v) is 3.62. The van der Waals surface area contributed by atoms with Crippen LogP contribution < -0.4 is 26.3 Å². The minimum Gasteiger partial charge on any atom is -0.497 e. The highest BCUT2D eigenvalue weighted by Gasteiger charge is 2.21. The molecule has 0 radical (unpaired) electrons. The van der Waals surface area contributed by atoms with Gasteiger partial charge in [-0.15, -0.1) is 0 Å². The van der Waals surface area contributed by atoms with Crippen molar-refractivity contribution in [2.75, 3.05) is 31.0 Å². The van der Waals surface area contributed by atoms with Crippen molar-refractivity contribution in [2.45, 2.75) is 20.4 Å². The van der Waals surface area contributed by atoms with E-state index in [-0.39, 0.29) is 0 Å². The van der Waals surface area contributed by atoms with Gasteiger partial charge in [-0.1, -0.05) is 18.2 Å². The van der Waals surface area contributed by atoms with Gasteiger partial charge in [0.15, 0.2) is 0 Å². The van der Waals surface area contributed by atoms with Gasteiger partial charge in [0.05, 0.1) is 36.8 Å². The molecule has 30 heavy (non-hydrogen) atoms. The molecule has 3 aromatic carbocycles. The Labute approximate surface area is 177 Å². The molecule has 3 aromatic rings. The number of anilines is 3. The fourth-order valence-electron chi connectivity index (χ4n) is 3.62. The second-order valence-corrected chi connectivity index (χ2v) is 7.08. The summed E-state index contributed by atoms with van der Waals surface area (Å²) < 4.78 is 10.7. The molecule has 6 heteroatoms. The first-order valence-electron chi connectivity index (χ1n) is 9.54. The molecule has 0 aromatic heterocycles. The Balaban J connectivity index is 2.16. The lowest BCUT2D eigenvalue weighted by atomic mass is 9.90. The molecule has 154 valence electrons. The van der Waals surface area contributed by atoms with Gasteiger partial charge in [-0.3, -0.25) is 0 Å². The monoisotopic (exact) mass is 402 g/mol. The number of aryl methyl sites for hydroxylation is 1. The van der Waals surface area contributed by atoms with Crippen LogP contribution in [-0.2, 0) is 6.54 Å². The van der Waals surface area contributed by atoms with Crippen LogP contribution in [0.3, 0.4) is 0 Å². The Bertz CT molecular complexity index is 1120. The van der Waals surface area contributed by atoms with Gasteiger partial charge in [0.1, 0.15) is 17.6 Å². The Morgan fingerprint density at radius 3 is 2.27 bits per heavy atom. The maximum absolute atomic E-state index is 9.78. The Kier molecular flexibility index (Phi) is 6.03. The van der Waals surface area contributed by atoms with E-state index >= 15 is 0 Å². The van der Waals surface area contributed by atoms with Crippen LogP contribution in [0.2, 0.25) is 0 Å². The highest BCUT2D eigenvalue weighted by atomic mass is 16.5. The van der Waals surface area contributed by atoms with Crippen LogP contribution in [0.25, 0.3) is 11.1 Å². The van der Waals surface area contributed by atoms with Crippen LogP contribution in [0, 0.1) is 25.2 Å². The van der Waals surface area contributed by atoms with Gasteiger partial charge < -0.3 is 26.3 Å². The molecule has 0 aliphatic carbocycles. The lowest BCUT2D eigenvalue weighted by Crippen LogP contribution is -2.09. The van der Waals surface area contributed by atoms with Crippen LogP contribution in [-0.4, -0.2) is 14.2 Å². The summed E-state index contributed by atoms with van der Waals surface area (Å²) in [4.78, 5) is 0. The average molecular weight is 402 g/mol. The third kappa shape index (κ3) is 3.83. The fraction of sp³-hybridized carbons (Fsp3) is 0.208. The quantitative estimate of drug-likeness (QED) is 0.519. The molecule has 0 unspecified atom stereocenters. The van der Waals surface area contributed by atoms with Crippen molar-refractivity contribution < 1.29 is 9.47 Å². The Morgan fingerprint density at radius 1 is 0.967 bits per heavy atom. The molecule has 0 spiro atoms. The van der Waals surface area contributed by atoms with Gasteiger partial charge in [-0.25, -0.2) is 0 Å². The number of benzene rings is 3. The first-order valence-corrected chi connectivity index (χ1v) is 9.54. The molecule has 0 amide bonds. The molecule has 0 aliphatic rings. The van der Waals surface area contributed by atoms with Crippen molar-refractivity contribution in [3.05, 3.63) is 64.7 Å². The van der Waals surface area contributed by atoms with E-state index in [4.69, 9.17) is 20.9 Å². The number of nitriles is 1. The zero-order valence-corrected chi connectivity index (χ0v) is 17.7. The van der Waals surface area contributed by atoms with Crippen LogP contribution in [0.1, 0.15) is 22.3 Å². The zero-order chi connectivity index (χ0) is 21.8. The number of hydrogen-bond donors (Lipinski definition) is 3. The summed E-state index contributed by atoms with van der Waals surface area (Å²) in [5.74, 6) is 1.54. The average Bonchev–Trinajstić information content (AvgIpc) is 2.76. The molecular weight excluding hydrogens is 376 g/mol. The first-order chi connectivity index (χ1) is 14.4. The maximum Gasteiger partial charge on any atom is 0.122 e. The second-order valence-electron chi connectivity index (χ2n) is 7.08. The van der Waals surface area contributed by atoms with Gasteiger partial charge in [0, 0.05) is 12.1 Å². The number of nitrogens with one attached hydrogen (secondary N) is 1. The highest BCUT2D eigenvalue weighted by Crippen LogP contribution is 2.44. The predicted octanol–water partition coefficient (Wildman–Crippen LogP) is 4.64. The Hall–Kier alpha value is -3.85. The lowest BCUT2D eigenvalue weighted by molar-refractivity contribution is 0.412.